The lowest BCUT2D eigenvalue weighted by Crippen LogP contribution is -2.34. The van der Waals surface area contributed by atoms with Crippen LogP contribution in [0, 0.1) is 23.7 Å². The van der Waals surface area contributed by atoms with E-state index in [2.05, 4.69) is 6.58 Å². The molecule has 3 fully saturated rings. The molecule has 0 aromatic rings. The van der Waals surface area contributed by atoms with Gasteiger partial charge in [-0.2, -0.15) is 0 Å². The zero-order valence-electron chi connectivity index (χ0n) is 11.2. The number of fused-ring (bicyclic) bond motifs is 2. The summed E-state index contributed by atoms with van der Waals surface area (Å²) >= 11 is 0. The van der Waals surface area contributed by atoms with E-state index in [4.69, 9.17) is 4.74 Å². The summed E-state index contributed by atoms with van der Waals surface area (Å²) in [6.07, 6.45) is 3.56. The predicted octanol–water partition coefficient (Wildman–Crippen LogP) is 2.29. The average molecular weight is 250 g/mol. The molecule has 18 heavy (non-hydrogen) atoms. The second-order valence-corrected chi connectivity index (χ2v) is 6.63. The largest absolute Gasteiger partial charge is 0.461 e. The summed E-state index contributed by atoms with van der Waals surface area (Å²) < 4.78 is 5.48. The van der Waals surface area contributed by atoms with Crippen molar-refractivity contribution in [1.29, 1.82) is 0 Å². The van der Waals surface area contributed by atoms with Gasteiger partial charge in [-0.1, -0.05) is 19.1 Å². The minimum Gasteiger partial charge on any atom is -0.461 e. The Kier molecular flexibility index (Phi) is 2.60. The molecule has 3 nitrogen and oxygen atoms in total. The first-order valence-electron chi connectivity index (χ1n) is 7.00. The molecular formula is C15H22O3. The Morgan fingerprint density at radius 1 is 1.50 bits per heavy atom. The molecule has 0 bridgehead atoms. The second kappa shape index (κ2) is 3.83. The van der Waals surface area contributed by atoms with Crippen molar-refractivity contribution in [3.05, 3.63) is 12.2 Å². The van der Waals surface area contributed by atoms with E-state index in [0.717, 1.165) is 25.7 Å². The Labute approximate surface area is 108 Å². The number of carbonyl (C=O) groups excluding carboxylic acids is 1. The third-order valence-corrected chi connectivity index (χ3v) is 5.52. The van der Waals surface area contributed by atoms with Crippen LogP contribution in [0.5, 0.6) is 0 Å². The van der Waals surface area contributed by atoms with E-state index < -0.39 is 5.60 Å². The number of hydrogen-bond acceptors (Lipinski definition) is 3. The van der Waals surface area contributed by atoms with E-state index >= 15 is 0 Å². The van der Waals surface area contributed by atoms with Gasteiger partial charge in [0.05, 0.1) is 11.5 Å². The molecule has 2 unspecified atom stereocenters. The van der Waals surface area contributed by atoms with E-state index in [1.165, 1.54) is 5.57 Å². The van der Waals surface area contributed by atoms with Crippen molar-refractivity contribution < 1.29 is 14.6 Å². The molecule has 0 aromatic carbocycles. The highest BCUT2D eigenvalue weighted by molar-refractivity contribution is 5.75. The molecule has 0 radical (unpaired) electrons. The standard InChI is InChI=1S/C15H22O3/c1-8-6-13-11(9(2)14(16)18-13)7-12-10(8)4-5-15(12,3)17/h9-13,17H,1,4-7H2,2-3H3/t9?,10-,11+,12+,13?,15+/m0/s1. The zero-order chi connectivity index (χ0) is 13.1. The molecule has 0 spiro atoms. The van der Waals surface area contributed by atoms with Gasteiger partial charge in [-0.25, -0.2) is 0 Å². The highest BCUT2D eigenvalue weighted by Gasteiger charge is 2.53. The number of carbonyl (C=O) groups is 1. The molecule has 1 N–H and O–H groups in total. The summed E-state index contributed by atoms with van der Waals surface area (Å²) in [5.41, 5.74) is 0.570. The van der Waals surface area contributed by atoms with Crippen LogP contribution in [0.15, 0.2) is 12.2 Å². The molecule has 0 aromatic heterocycles. The molecule has 1 heterocycles. The minimum atomic E-state index is -0.603. The fourth-order valence-corrected chi connectivity index (χ4v) is 4.27. The molecule has 0 amide bonds. The number of rotatable bonds is 0. The SMILES string of the molecule is C=C1CC2OC(=O)C(C)[C@H]2C[C@@H]2[C@H]1CC[C@@]2(C)O. The van der Waals surface area contributed by atoms with Gasteiger partial charge in [0.1, 0.15) is 6.10 Å². The zero-order valence-corrected chi connectivity index (χ0v) is 11.2. The first-order chi connectivity index (χ1) is 8.40. The molecule has 2 saturated carbocycles. The van der Waals surface area contributed by atoms with Crippen LogP contribution in [0.2, 0.25) is 0 Å². The van der Waals surface area contributed by atoms with Crippen molar-refractivity contribution in [2.24, 2.45) is 23.7 Å². The Morgan fingerprint density at radius 2 is 2.22 bits per heavy atom. The van der Waals surface area contributed by atoms with Crippen molar-refractivity contribution in [1.82, 2.24) is 0 Å². The number of esters is 1. The summed E-state index contributed by atoms with van der Waals surface area (Å²) in [5, 5.41) is 10.5. The molecule has 1 saturated heterocycles. The summed E-state index contributed by atoms with van der Waals surface area (Å²) in [6, 6.07) is 0. The summed E-state index contributed by atoms with van der Waals surface area (Å²) in [7, 11) is 0. The number of hydrogen-bond donors (Lipinski definition) is 1. The maximum Gasteiger partial charge on any atom is 0.309 e. The smallest absolute Gasteiger partial charge is 0.309 e. The van der Waals surface area contributed by atoms with Crippen molar-refractivity contribution in [2.75, 3.05) is 0 Å². The topological polar surface area (TPSA) is 46.5 Å². The molecule has 100 valence electrons. The lowest BCUT2D eigenvalue weighted by Gasteiger charge is -2.30. The van der Waals surface area contributed by atoms with Crippen LogP contribution in [0.4, 0.5) is 0 Å². The third-order valence-electron chi connectivity index (χ3n) is 5.52. The van der Waals surface area contributed by atoms with Gasteiger partial charge in [-0.15, -0.1) is 0 Å². The molecule has 3 heteroatoms. The van der Waals surface area contributed by atoms with Crippen LogP contribution in [-0.4, -0.2) is 22.8 Å². The van der Waals surface area contributed by atoms with Crippen LogP contribution in [0.25, 0.3) is 0 Å². The van der Waals surface area contributed by atoms with Gasteiger partial charge in [-0.3, -0.25) is 4.79 Å². The van der Waals surface area contributed by atoms with Crippen molar-refractivity contribution in [3.8, 4) is 0 Å². The maximum absolute atomic E-state index is 11.7. The van der Waals surface area contributed by atoms with E-state index in [9.17, 15) is 9.90 Å². The van der Waals surface area contributed by atoms with Crippen molar-refractivity contribution >= 4 is 5.97 Å². The average Bonchev–Trinajstić information content (AvgIpc) is 2.65. The van der Waals surface area contributed by atoms with Crippen molar-refractivity contribution in [3.63, 3.8) is 0 Å². The van der Waals surface area contributed by atoms with Crippen LogP contribution in [0.3, 0.4) is 0 Å². The molecular weight excluding hydrogens is 228 g/mol. The van der Waals surface area contributed by atoms with Gasteiger partial charge >= 0.3 is 5.97 Å². The van der Waals surface area contributed by atoms with E-state index in [1.807, 2.05) is 13.8 Å². The van der Waals surface area contributed by atoms with Crippen LogP contribution in [-0.2, 0) is 9.53 Å². The molecule has 3 aliphatic rings. The summed E-state index contributed by atoms with van der Waals surface area (Å²) in [4.78, 5) is 11.7. The Morgan fingerprint density at radius 3 is 2.94 bits per heavy atom. The lowest BCUT2D eigenvalue weighted by atomic mass is 9.77. The monoisotopic (exact) mass is 250 g/mol. The second-order valence-electron chi connectivity index (χ2n) is 6.63. The highest BCUT2D eigenvalue weighted by atomic mass is 16.6. The Hall–Kier alpha value is -0.830. The van der Waals surface area contributed by atoms with Crippen LogP contribution >= 0.6 is 0 Å². The van der Waals surface area contributed by atoms with Gasteiger partial charge in [0.15, 0.2) is 0 Å². The van der Waals surface area contributed by atoms with E-state index in [0.29, 0.717) is 5.92 Å². The highest BCUT2D eigenvalue weighted by Crippen LogP contribution is 2.53. The molecule has 2 aliphatic carbocycles. The number of aliphatic hydroxyl groups is 1. The quantitative estimate of drug-likeness (QED) is 0.530. The maximum atomic E-state index is 11.7. The first kappa shape index (κ1) is 12.2. The molecule has 3 rings (SSSR count). The minimum absolute atomic E-state index is 0.00130. The summed E-state index contributed by atoms with van der Waals surface area (Å²) in [5.74, 6) is 0.814. The van der Waals surface area contributed by atoms with Gasteiger partial charge in [0.2, 0.25) is 0 Å². The van der Waals surface area contributed by atoms with Gasteiger partial charge in [-0.05, 0) is 38.0 Å². The Balaban J connectivity index is 1.92. The predicted molar refractivity (Wildman–Crippen MR) is 67.7 cm³/mol. The van der Waals surface area contributed by atoms with Gasteiger partial charge in [0.25, 0.3) is 0 Å². The normalized spacial score (nSPS) is 51.6. The van der Waals surface area contributed by atoms with Crippen molar-refractivity contribution in [2.45, 2.75) is 51.2 Å². The first-order valence-corrected chi connectivity index (χ1v) is 7.00. The summed E-state index contributed by atoms with van der Waals surface area (Å²) in [6.45, 7) is 8.09. The lowest BCUT2D eigenvalue weighted by molar-refractivity contribution is -0.143. The van der Waals surface area contributed by atoms with E-state index in [-0.39, 0.29) is 29.8 Å². The fraction of sp³-hybridized carbons (Fsp3) is 0.800. The van der Waals surface area contributed by atoms with Gasteiger partial charge < -0.3 is 9.84 Å². The Bertz CT molecular complexity index is 399. The van der Waals surface area contributed by atoms with Crippen LogP contribution in [0.1, 0.15) is 39.5 Å². The van der Waals surface area contributed by atoms with Crippen LogP contribution < -0.4 is 0 Å². The molecule has 1 aliphatic heterocycles. The molecule has 6 atom stereocenters. The fourth-order valence-electron chi connectivity index (χ4n) is 4.27. The number of ether oxygens (including phenoxy) is 1. The van der Waals surface area contributed by atoms with E-state index in [1.54, 1.807) is 0 Å². The van der Waals surface area contributed by atoms with Gasteiger partial charge in [0, 0.05) is 12.3 Å². The third kappa shape index (κ3) is 1.63.